The highest BCUT2D eigenvalue weighted by Gasteiger charge is 2.50. The van der Waals surface area contributed by atoms with Gasteiger partial charge in [-0.05, 0) is 24.5 Å². The third-order valence-corrected chi connectivity index (χ3v) is 4.56. The molecule has 0 aromatic heterocycles. The summed E-state index contributed by atoms with van der Waals surface area (Å²) < 4.78 is 0. The third kappa shape index (κ3) is 2.02. The first-order valence-corrected chi connectivity index (χ1v) is 6.99. The van der Waals surface area contributed by atoms with Gasteiger partial charge in [0.2, 0.25) is 0 Å². The molecule has 1 aromatic carbocycles. The summed E-state index contributed by atoms with van der Waals surface area (Å²) in [6.07, 6.45) is 1.74. The molecule has 1 aliphatic heterocycles. The molecule has 1 saturated carbocycles. The molecule has 0 bridgehead atoms. The maximum Gasteiger partial charge on any atom is 0.269 e. The van der Waals surface area contributed by atoms with Gasteiger partial charge in [0.25, 0.3) is 5.69 Å². The molecule has 0 amide bonds. The summed E-state index contributed by atoms with van der Waals surface area (Å²) in [6.45, 7) is 0.371. The topological polar surface area (TPSA) is 80.5 Å². The Kier molecular flexibility index (Phi) is 3.04. The average molecular weight is 288 g/mol. The van der Waals surface area contributed by atoms with Crippen LogP contribution in [0.2, 0.25) is 0 Å². The van der Waals surface area contributed by atoms with Gasteiger partial charge >= 0.3 is 0 Å². The predicted octanol–water partition coefficient (Wildman–Crippen LogP) is 1.90. The zero-order valence-electron chi connectivity index (χ0n) is 11.8. The number of Topliss-reactive ketones (excluding diaryl/α,β-unsaturated/α-hetero) is 2. The molecular formula is C15H16N2O4. The number of anilines is 1. The highest BCUT2D eigenvalue weighted by Crippen LogP contribution is 2.42. The molecular weight excluding hydrogens is 272 g/mol. The number of nitrogens with zero attached hydrogens (tertiary/aromatic N) is 2. The van der Waals surface area contributed by atoms with Crippen molar-refractivity contribution in [3.8, 4) is 0 Å². The predicted molar refractivity (Wildman–Crippen MR) is 76.4 cm³/mol. The van der Waals surface area contributed by atoms with Crippen molar-refractivity contribution in [1.29, 1.82) is 0 Å². The summed E-state index contributed by atoms with van der Waals surface area (Å²) in [6, 6.07) is 4.64. The fourth-order valence-corrected chi connectivity index (χ4v) is 3.49. The Bertz CT molecular complexity index is 637. The first kappa shape index (κ1) is 13.7. The van der Waals surface area contributed by atoms with E-state index in [0.717, 1.165) is 5.69 Å². The number of hydrogen-bond acceptors (Lipinski definition) is 5. The van der Waals surface area contributed by atoms with Crippen molar-refractivity contribution >= 4 is 22.9 Å². The minimum atomic E-state index is -1.00. The zero-order chi connectivity index (χ0) is 15.2. The summed E-state index contributed by atoms with van der Waals surface area (Å²) in [5.74, 6) is -0.0505. The van der Waals surface area contributed by atoms with Gasteiger partial charge in [0, 0.05) is 44.3 Å². The van der Waals surface area contributed by atoms with Crippen LogP contribution in [0.15, 0.2) is 18.2 Å². The first-order chi connectivity index (χ1) is 9.94. The fourth-order valence-electron chi connectivity index (χ4n) is 3.49. The van der Waals surface area contributed by atoms with Crippen LogP contribution in [0.5, 0.6) is 0 Å². The molecule has 1 heterocycles. The summed E-state index contributed by atoms with van der Waals surface area (Å²) in [4.78, 5) is 37.1. The number of nitro benzene ring substituents is 1. The zero-order valence-corrected chi connectivity index (χ0v) is 11.8. The molecule has 110 valence electrons. The van der Waals surface area contributed by atoms with Gasteiger partial charge in [-0.1, -0.05) is 0 Å². The highest BCUT2D eigenvalue weighted by molar-refractivity contribution is 6.10. The van der Waals surface area contributed by atoms with E-state index in [1.165, 1.54) is 12.1 Å². The summed E-state index contributed by atoms with van der Waals surface area (Å²) >= 11 is 0. The molecule has 0 saturated heterocycles. The Hall–Kier alpha value is -2.24. The van der Waals surface area contributed by atoms with Crippen molar-refractivity contribution in [2.24, 2.45) is 5.41 Å². The Morgan fingerprint density at radius 1 is 1.24 bits per heavy atom. The van der Waals surface area contributed by atoms with E-state index in [4.69, 9.17) is 0 Å². The smallest absolute Gasteiger partial charge is 0.269 e. The number of hydrogen-bond donors (Lipinski definition) is 0. The van der Waals surface area contributed by atoms with E-state index in [-0.39, 0.29) is 23.7 Å². The van der Waals surface area contributed by atoms with Crippen LogP contribution < -0.4 is 4.90 Å². The lowest BCUT2D eigenvalue weighted by atomic mass is 9.66. The van der Waals surface area contributed by atoms with Crippen molar-refractivity contribution in [1.82, 2.24) is 0 Å². The van der Waals surface area contributed by atoms with Crippen LogP contribution in [-0.2, 0) is 16.0 Å². The lowest BCUT2D eigenvalue weighted by molar-refractivity contribution is -0.384. The second-order valence-electron chi connectivity index (χ2n) is 5.88. The van der Waals surface area contributed by atoms with Crippen LogP contribution in [0, 0.1) is 15.5 Å². The molecule has 3 rings (SSSR count). The molecule has 1 fully saturated rings. The Morgan fingerprint density at radius 3 is 2.52 bits per heavy atom. The number of carbonyl (C=O) groups is 2. The monoisotopic (exact) mass is 288 g/mol. The second-order valence-corrected chi connectivity index (χ2v) is 5.88. The molecule has 6 nitrogen and oxygen atoms in total. The van der Waals surface area contributed by atoms with Gasteiger partial charge < -0.3 is 4.90 Å². The van der Waals surface area contributed by atoms with Crippen molar-refractivity contribution in [3.05, 3.63) is 33.9 Å². The van der Waals surface area contributed by atoms with Gasteiger partial charge in [0.15, 0.2) is 0 Å². The minimum absolute atomic E-state index is 0.00472. The normalized spacial score (nSPS) is 20.5. The maximum atomic E-state index is 12.4. The van der Waals surface area contributed by atoms with E-state index in [1.807, 2.05) is 11.9 Å². The lowest BCUT2D eigenvalue weighted by Crippen LogP contribution is -2.53. The third-order valence-electron chi connectivity index (χ3n) is 4.56. The van der Waals surface area contributed by atoms with Gasteiger partial charge in [-0.25, -0.2) is 0 Å². The van der Waals surface area contributed by atoms with E-state index < -0.39 is 10.3 Å². The molecule has 1 aliphatic carbocycles. The van der Waals surface area contributed by atoms with Gasteiger partial charge in [0.1, 0.15) is 17.0 Å². The van der Waals surface area contributed by atoms with Gasteiger partial charge in [-0.15, -0.1) is 0 Å². The molecule has 0 radical (unpaired) electrons. The Balaban J connectivity index is 2.08. The number of ketones is 2. The number of nitro groups is 1. The summed E-state index contributed by atoms with van der Waals surface area (Å²) in [5, 5.41) is 10.9. The number of fused-ring (bicyclic) bond motifs is 1. The van der Waals surface area contributed by atoms with Crippen LogP contribution in [-0.4, -0.2) is 30.1 Å². The number of rotatable bonds is 1. The number of carbonyl (C=O) groups excluding carboxylic acids is 2. The highest BCUT2D eigenvalue weighted by atomic mass is 16.6. The van der Waals surface area contributed by atoms with Crippen molar-refractivity contribution < 1.29 is 14.5 Å². The van der Waals surface area contributed by atoms with E-state index >= 15 is 0 Å². The molecule has 1 aromatic rings. The van der Waals surface area contributed by atoms with Crippen LogP contribution in [0.3, 0.4) is 0 Å². The minimum Gasteiger partial charge on any atom is -0.373 e. The number of benzene rings is 1. The Labute approximate surface area is 121 Å². The quantitative estimate of drug-likeness (QED) is 0.448. The molecule has 0 N–H and O–H groups in total. The average Bonchev–Trinajstić information content (AvgIpc) is 2.44. The molecule has 0 unspecified atom stereocenters. The van der Waals surface area contributed by atoms with Crippen LogP contribution >= 0.6 is 0 Å². The fraction of sp³-hybridized carbons (Fsp3) is 0.467. The van der Waals surface area contributed by atoms with E-state index in [9.17, 15) is 19.7 Å². The SMILES string of the molecule is CN1CC2(Cc3cc([N+](=O)[O-])ccc31)C(=O)CCCC2=O. The first-order valence-electron chi connectivity index (χ1n) is 6.99. The van der Waals surface area contributed by atoms with Crippen LogP contribution in [0.1, 0.15) is 24.8 Å². The van der Waals surface area contributed by atoms with Gasteiger partial charge in [0.05, 0.1) is 4.92 Å². The largest absolute Gasteiger partial charge is 0.373 e. The molecule has 2 aliphatic rings. The molecule has 6 heteroatoms. The maximum absolute atomic E-state index is 12.4. The van der Waals surface area contributed by atoms with E-state index in [2.05, 4.69) is 0 Å². The van der Waals surface area contributed by atoms with Crippen molar-refractivity contribution in [2.45, 2.75) is 25.7 Å². The molecule has 0 atom stereocenters. The van der Waals surface area contributed by atoms with Crippen molar-refractivity contribution in [2.75, 3.05) is 18.5 Å². The lowest BCUT2D eigenvalue weighted by Gasteiger charge is -2.42. The van der Waals surface area contributed by atoms with Crippen LogP contribution in [0.25, 0.3) is 0 Å². The van der Waals surface area contributed by atoms with E-state index in [1.54, 1.807) is 6.07 Å². The van der Waals surface area contributed by atoms with Crippen LogP contribution in [0.4, 0.5) is 11.4 Å². The van der Waals surface area contributed by atoms with Crippen molar-refractivity contribution in [3.63, 3.8) is 0 Å². The van der Waals surface area contributed by atoms with Gasteiger partial charge in [-0.3, -0.25) is 19.7 Å². The molecule has 21 heavy (non-hydrogen) atoms. The van der Waals surface area contributed by atoms with E-state index in [0.29, 0.717) is 31.4 Å². The Morgan fingerprint density at radius 2 is 1.90 bits per heavy atom. The summed E-state index contributed by atoms with van der Waals surface area (Å²) in [5.41, 5.74) is 0.559. The second kappa shape index (κ2) is 4.65. The standard InChI is InChI=1S/C15H16N2O4/c1-16-9-15(13(18)3-2-4-14(15)19)8-10-7-11(17(20)21)5-6-12(10)16/h5-7H,2-4,8-9H2,1H3. The molecule has 1 spiro atoms. The van der Waals surface area contributed by atoms with Gasteiger partial charge in [-0.2, -0.15) is 0 Å². The summed E-state index contributed by atoms with van der Waals surface area (Å²) in [7, 11) is 1.82. The number of non-ortho nitro benzene ring substituents is 1.